The summed E-state index contributed by atoms with van der Waals surface area (Å²) >= 11 is 0. The third-order valence-corrected chi connectivity index (χ3v) is 2.82. The van der Waals surface area contributed by atoms with E-state index in [4.69, 9.17) is 9.84 Å². The molecule has 1 aromatic carbocycles. The zero-order valence-corrected chi connectivity index (χ0v) is 12.6. The highest BCUT2D eigenvalue weighted by Crippen LogP contribution is 2.13. The number of carboxylic acids is 1. The second kappa shape index (κ2) is 8.66. The summed E-state index contributed by atoms with van der Waals surface area (Å²) in [5, 5.41) is 8.46. The van der Waals surface area contributed by atoms with E-state index in [0.717, 1.165) is 5.56 Å². The van der Waals surface area contributed by atoms with E-state index in [9.17, 15) is 14.4 Å². The van der Waals surface area contributed by atoms with Gasteiger partial charge in [0.1, 0.15) is 5.75 Å². The van der Waals surface area contributed by atoms with E-state index in [1.165, 1.54) is 0 Å². The van der Waals surface area contributed by atoms with Gasteiger partial charge in [0, 0.05) is 12.8 Å². The fraction of sp³-hybridized carbons (Fsp3) is 0.400. The van der Waals surface area contributed by atoms with E-state index in [1.54, 1.807) is 19.1 Å². The van der Waals surface area contributed by atoms with Gasteiger partial charge in [-0.25, -0.2) is 0 Å². The molecule has 120 valence electrons. The first-order chi connectivity index (χ1) is 10.4. The molecule has 0 saturated heterocycles. The van der Waals surface area contributed by atoms with Crippen LogP contribution in [0.15, 0.2) is 24.3 Å². The first-order valence-corrected chi connectivity index (χ1v) is 6.92. The van der Waals surface area contributed by atoms with Gasteiger partial charge >= 0.3 is 5.97 Å². The number of amides is 2. The molecule has 0 aromatic heterocycles. The van der Waals surface area contributed by atoms with Crippen molar-refractivity contribution in [3.63, 3.8) is 0 Å². The summed E-state index contributed by atoms with van der Waals surface area (Å²) in [4.78, 5) is 33.5. The third-order valence-electron chi connectivity index (χ3n) is 2.82. The largest absolute Gasteiger partial charge is 0.481 e. The Morgan fingerprint density at radius 3 is 2.36 bits per heavy atom. The van der Waals surface area contributed by atoms with Gasteiger partial charge in [0.2, 0.25) is 5.91 Å². The average Bonchev–Trinajstić information content (AvgIpc) is 2.46. The van der Waals surface area contributed by atoms with E-state index >= 15 is 0 Å². The molecule has 7 nitrogen and oxygen atoms in total. The van der Waals surface area contributed by atoms with Crippen molar-refractivity contribution < 1.29 is 24.2 Å². The summed E-state index contributed by atoms with van der Waals surface area (Å²) in [6.45, 7) is 3.51. The van der Waals surface area contributed by atoms with Crippen molar-refractivity contribution in [2.75, 3.05) is 0 Å². The molecule has 0 heterocycles. The number of aryl methyl sites for hydroxylation is 1. The van der Waals surface area contributed by atoms with E-state index in [-0.39, 0.29) is 19.3 Å². The minimum Gasteiger partial charge on any atom is -0.481 e. The standard InChI is InChI=1S/C15H20N2O5/c1-10-6-8-12(9-7-10)22-11(2)15(21)17-16-13(18)4-3-5-14(19)20/h6-9,11H,3-5H2,1-2H3,(H,16,18)(H,17,21)(H,19,20)/t11-/m0/s1. The zero-order valence-electron chi connectivity index (χ0n) is 12.6. The van der Waals surface area contributed by atoms with Crippen molar-refractivity contribution in [3.8, 4) is 5.75 Å². The van der Waals surface area contributed by atoms with Crippen molar-refractivity contribution >= 4 is 17.8 Å². The molecular weight excluding hydrogens is 288 g/mol. The second-order valence-electron chi connectivity index (χ2n) is 4.86. The number of aliphatic carboxylic acids is 1. The molecule has 0 aliphatic heterocycles. The summed E-state index contributed by atoms with van der Waals surface area (Å²) in [7, 11) is 0. The van der Waals surface area contributed by atoms with Gasteiger partial charge in [-0.1, -0.05) is 17.7 Å². The smallest absolute Gasteiger partial charge is 0.303 e. The number of nitrogens with one attached hydrogen (secondary N) is 2. The van der Waals surface area contributed by atoms with Gasteiger partial charge in [0.25, 0.3) is 5.91 Å². The molecule has 0 fully saturated rings. The van der Waals surface area contributed by atoms with Gasteiger partial charge in [-0.3, -0.25) is 25.2 Å². The van der Waals surface area contributed by atoms with Crippen LogP contribution in [-0.4, -0.2) is 29.0 Å². The van der Waals surface area contributed by atoms with Gasteiger partial charge in [-0.2, -0.15) is 0 Å². The van der Waals surface area contributed by atoms with Gasteiger partial charge in [0.05, 0.1) is 0 Å². The van der Waals surface area contributed by atoms with Crippen molar-refractivity contribution in [3.05, 3.63) is 29.8 Å². The number of carboxylic acid groups (broad SMARTS) is 1. The van der Waals surface area contributed by atoms with Crippen molar-refractivity contribution in [2.24, 2.45) is 0 Å². The SMILES string of the molecule is Cc1ccc(O[C@@H](C)C(=O)NNC(=O)CCCC(=O)O)cc1. The van der Waals surface area contributed by atoms with Gasteiger partial charge in [-0.05, 0) is 32.4 Å². The number of hydrogen-bond acceptors (Lipinski definition) is 4. The molecule has 0 spiro atoms. The first kappa shape index (κ1) is 17.5. The molecule has 1 atom stereocenters. The number of carbonyl (C=O) groups is 3. The number of ether oxygens (including phenoxy) is 1. The maximum absolute atomic E-state index is 11.8. The monoisotopic (exact) mass is 308 g/mol. The predicted octanol–water partition coefficient (Wildman–Crippen LogP) is 1.16. The van der Waals surface area contributed by atoms with Crippen LogP contribution in [0, 0.1) is 6.92 Å². The maximum Gasteiger partial charge on any atom is 0.303 e. The molecule has 0 saturated carbocycles. The predicted molar refractivity (Wildman–Crippen MR) is 79.0 cm³/mol. The summed E-state index contributed by atoms with van der Waals surface area (Å²) in [6.07, 6.45) is -0.623. The first-order valence-electron chi connectivity index (χ1n) is 6.92. The summed E-state index contributed by atoms with van der Waals surface area (Å²) < 4.78 is 5.43. The van der Waals surface area contributed by atoms with Gasteiger partial charge < -0.3 is 9.84 Å². The van der Waals surface area contributed by atoms with Crippen molar-refractivity contribution in [1.82, 2.24) is 10.9 Å². The number of hydrogen-bond donors (Lipinski definition) is 3. The molecule has 0 radical (unpaired) electrons. The lowest BCUT2D eigenvalue weighted by molar-refractivity contribution is -0.137. The quantitative estimate of drug-likeness (QED) is 0.656. The van der Waals surface area contributed by atoms with E-state index in [1.807, 2.05) is 19.1 Å². The Balaban J connectivity index is 2.30. The highest BCUT2D eigenvalue weighted by molar-refractivity contribution is 5.84. The van der Waals surface area contributed by atoms with Crippen LogP contribution in [0.2, 0.25) is 0 Å². The Morgan fingerprint density at radius 2 is 1.77 bits per heavy atom. The molecule has 1 rings (SSSR count). The zero-order chi connectivity index (χ0) is 16.5. The molecule has 0 aliphatic carbocycles. The van der Waals surface area contributed by atoms with E-state index < -0.39 is 23.9 Å². The highest BCUT2D eigenvalue weighted by atomic mass is 16.5. The van der Waals surface area contributed by atoms with Crippen LogP contribution in [0.25, 0.3) is 0 Å². The molecule has 2 amide bonds. The number of carbonyl (C=O) groups excluding carboxylic acids is 2. The summed E-state index contributed by atoms with van der Waals surface area (Å²) in [5.41, 5.74) is 5.54. The number of hydrazine groups is 1. The fourth-order valence-electron chi connectivity index (χ4n) is 1.57. The molecule has 0 bridgehead atoms. The molecule has 7 heteroatoms. The molecular formula is C15H20N2O5. The minimum absolute atomic E-state index is 0.0276. The van der Waals surface area contributed by atoms with Gasteiger partial charge in [-0.15, -0.1) is 0 Å². The van der Waals surface area contributed by atoms with Gasteiger partial charge in [0.15, 0.2) is 6.10 Å². The van der Waals surface area contributed by atoms with Crippen molar-refractivity contribution in [2.45, 2.75) is 39.2 Å². The Bertz CT molecular complexity index is 527. The minimum atomic E-state index is -0.961. The third kappa shape index (κ3) is 6.74. The Morgan fingerprint density at radius 1 is 1.14 bits per heavy atom. The average molecular weight is 308 g/mol. The molecule has 1 aromatic rings. The Hall–Kier alpha value is -2.57. The van der Waals surface area contributed by atoms with E-state index in [0.29, 0.717) is 5.75 Å². The number of rotatable bonds is 7. The van der Waals surface area contributed by atoms with Crippen LogP contribution in [0.4, 0.5) is 0 Å². The van der Waals surface area contributed by atoms with Crippen LogP contribution >= 0.6 is 0 Å². The molecule has 0 aliphatic rings. The van der Waals surface area contributed by atoms with Crippen LogP contribution in [0.3, 0.4) is 0 Å². The van der Waals surface area contributed by atoms with Crippen LogP contribution in [-0.2, 0) is 14.4 Å². The lowest BCUT2D eigenvalue weighted by Crippen LogP contribution is -2.47. The number of benzene rings is 1. The topological polar surface area (TPSA) is 105 Å². The van der Waals surface area contributed by atoms with Crippen LogP contribution in [0.1, 0.15) is 31.7 Å². The molecule has 3 N–H and O–H groups in total. The second-order valence-corrected chi connectivity index (χ2v) is 4.86. The highest BCUT2D eigenvalue weighted by Gasteiger charge is 2.15. The van der Waals surface area contributed by atoms with Crippen LogP contribution in [0.5, 0.6) is 5.75 Å². The van der Waals surface area contributed by atoms with Crippen molar-refractivity contribution in [1.29, 1.82) is 0 Å². The Kier molecular flexibility index (Phi) is 6.88. The molecule has 0 unspecified atom stereocenters. The van der Waals surface area contributed by atoms with E-state index in [2.05, 4.69) is 10.9 Å². The fourth-order valence-corrected chi connectivity index (χ4v) is 1.57. The maximum atomic E-state index is 11.8. The lowest BCUT2D eigenvalue weighted by Gasteiger charge is -2.15. The summed E-state index contributed by atoms with van der Waals surface area (Å²) in [5.74, 6) is -1.35. The van der Waals surface area contributed by atoms with Crippen LogP contribution < -0.4 is 15.6 Å². The summed E-state index contributed by atoms with van der Waals surface area (Å²) in [6, 6.07) is 7.24. The molecule has 22 heavy (non-hydrogen) atoms. The lowest BCUT2D eigenvalue weighted by atomic mass is 10.2. The Labute approximate surface area is 128 Å². The normalized spacial score (nSPS) is 11.4.